The van der Waals surface area contributed by atoms with E-state index in [-0.39, 0.29) is 5.92 Å². The van der Waals surface area contributed by atoms with Crippen LogP contribution in [0.1, 0.15) is 60.0 Å². The van der Waals surface area contributed by atoms with Crippen LogP contribution in [0.15, 0.2) is 42.6 Å². The molecule has 0 amide bonds. The second kappa shape index (κ2) is 13.0. The van der Waals surface area contributed by atoms with E-state index in [0.717, 1.165) is 43.4 Å². The molecule has 1 saturated heterocycles. The second-order valence-electron chi connectivity index (χ2n) is 12.6. The number of esters is 1. The van der Waals surface area contributed by atoms with Gasteiger partial charge in [0.15, 0.2) is 17.2 Å². The monoisotopic (exact) mass is 629 g/mol. The Hall–Kier alpha value is -2.92. The lowest BCUT2D eigenvalue weighted by molar-refractivity contribution is -0.0712. The molecule has 0 spiro atoms. The molecule has 43 heavy (non-hydrogen) atoms. The highest BCUT2D eigenvalue weighted by Crippen LogP contribution is 2.49. The van der Waals surface area contributed by atoms with Crippen molar-refractivity contribution in [3.8, 4) is 11.5 Å². The molecule has 0 aliphatic carbocycles. The quantitative estimate of drug-likeness (QED) is 0.126. The van der Waals surface area contributed by atoms with Gasteiger partial charge in [-0.25, -0.2) is 14.2 Å². The van der Waals surface area contributed by atoms with Gasteiger partial charge in [-0.05, 0) is 69.1 Å². The number of benzene rings is 2. The van der Waals surface area contributed by atoms with Crippen LogP contribution in [0.4, 0.5) is 4.39 Å². The number of hydrogen-bond donors (Lipinski definition) is 0. The standard InChI is InChI=1S/C32H41ClFN3O5Si/c1-6-40-31(38)27-19-37(21-39-16-17-43(3,4)5)29(35-27)20-36-14-12-22(13-15-36)24-8-7-9-28-30(24)42-32(2,41-28)25-11-10-23(33)18-26(25)34/h7-11,18-19,22H,6,12-17,20-21H2,1-5H3/t32-/m0/s1. The van der Waals surface area contributed by atoms with Crippen LogP contribution in [0.25, 0.3) is 0 Å². The Balaban J connectivity index is 1.25. The first-order chi connectivity index (χ1) is 20.5. The number of para-hydroxylation sites is 1. The Labute approximate surface area is 259 Å². The van der Waals surface area contributed by atoms with Gasteiger partial charge in [0.1, 0.15) is 18.4 Å². The summed E-state index contributed by atoms with van der Waals surface area (Å²) in [5, 5.41) is 0.321. The molecule has 0 radical (unpaired) electrons. The van der Waals surface area contributed by atoms with E-state index in [1.54, 1.807) is 32.2 Å². The molecule has 1 aromatic heterocycles. The molecule has 0 N–H and O–H groups in total. The predicted octanol–water partition coefficient (Wildman–Crippen LogP) is 7.19. The van der Waals surface area contributed by atoms with Gasteiger partial charge < -0.3 is 23.5 Å². The minimum Gasteiger partial charge on any atom is -0.461 e. The summed E-state index contributed by atoms with van der Waals surface area (Å²) in [6.45, 7) is 14.1. The minimum atomic E-state index is -1.28. The summed E-state index contributed by atoms with van der Waals surface area (Å²) in [5.41, 5.74) is 1.67. The molecular formula is C32H41ClFN3O5Si. The topological polar surface area (TPSA) is 75.1 Å². The number of imidazole rings is 1. The van der Waals surface area contributed by atoms with Crippen LogP contribution in [0.5, 0.6) is 11.5 Å². The van der Waals surface area contributed by atoms with E-state index in [2.05, 4.69) is 35.6 Å². The number of fused-ring (bicyclic) bond motifs is 1. The smallest absolute Gasteiger partial charge is 0.358 e. The molecule has 2 aliphatic rings. The Bertz CT molecular complexity index is 1450. The molecule has 2 aromatic carbocycles. The maximum Gasteiger partial charge on any atom is 0.358 e. The highest BCUT2D eigenvalue weighted by atomic mass is 35.5. The Morgan fingerprint density at radius 3 is 2.65 bits per heavy atom. The fraction of sp³-hybridized carbons (Fsp3) is 0.500. The van der Waals surface area contributed by atoms with Gasteiger partial charge in [0, 0.05) is 38.4 Å². The lowest BCUT2D eigenvalue weighted by Gasteiger charge is -2.32. The highest BCUT2D eigenvalue weighted by molar-refractivity contribution is 6.76. The molecule has 232 valence electrons. The molecule has 0 saturated carbocycles. The molecular weight excluding hydrogens is 589 g/mol. The van der Waals surface area contributed by atoms with Crippen LogP contribution < -0.4 is 9.47 Å². The van der Waals surface area contributed by atoms with Crippen LogP contribution in [0.3, 0.4) is 0 Å². The van der Waals surface area contributed by atoms with E-state index in [4.69, 9.17) is 30.5 Å². The molecule has 2 aliphatic heterocycles. The van der Waals surface area contributed by atoms with Gasteiger partial charge in [-0.15, -0.1) is 0 Å². The highest BCUT2D eigenvalue weighted by Gasteiger charge is 2.43. The van der Waals surface area contributed by atoms with E-state index >= 15 is 0 Å². The third-order valence-corrected chi connectivity index (χ3v) is 9.93. The largest absolute Gasteiger partial charge is 0.461 e. The molecule has 1 atom stereocenters. The van der Waals surface area contributed by atoms with Crippen molar-refractivity contribution in [3.63, 3.8) is 0 Å². The van der Waals surface area contributed by atoms with Crippen molar-refractivity contribution >= 4 is 25.6 Å². The average Bonchev–Trinajstić information content (AvgIpc) is 3.51. The zero-order chi connectivity index (χ0) is 30.8. The van der Waals surface area contributed by atoms with Crippen molar-refractivity contribution < 1.29 is 28.1 Å². The molecule has 5 rings (SSSR count). The predicted molar refractivity (Wildman–Crippen MR) is 166 cm³/mol. The number of likely N-dealkylation sites (tertiary alicyclic amines) is 1. The van der Waals surface area contributed by atoms with Crippen molar-refractivity contribution in [2.45, 2.75) is 77.4 Å². The number of aromatic nitrogens is 2. The summed E-state index contributed by atoms with van der Waals surface area (Å²) in [6.07, 6.45) is 3.55. The third-order valence-electron chi connectivity index (χ3n) is 7.99. The molecule has 0 bridgehead atoms. The number of carbonyl (C=O) groups is 1. The molecule has 8 nitrogen and oxygen atoms in total. The van der Waals surface area contributed by atoms with Crippen molar-refractivity contribution in [2.75, 3.05) is 26.3 Å². The zero-order valence-corrected chi connectivity index (χ0v) is 27.4. The number of hydrogen-bond acceptors (Lipinski definition) is 7. The Morgan fingerprint density at radius 2 is 1.95 bits per heavy atom. The summed E-state index contributed by atoms with van der Waals surface area (Å²) in [7, 11) is -1.21. The van der Waals surface area contributed by atoms with Crippen molar-refractivity contribution in [2.24, 2.45) is 0 Å². The SMILES string of the molecule is CCOC(=O)c1cn(COCC[Si](C)(C)C)c(CN2CCC(c3cccc4c3O[C@@](C)(c3ccc(Cl)cc3F)O4)CC2)n1. The number of nitrogens with zero attached hydrogens (tertiary/aromatic N) is 3. The second-order valence-corrected chi connectivity index (χ2v) is 18.6. The Morgan fingerprint density at radius 1 is 1.19 bits per heavy atom. The number of piperidine rings is 1. The van der Waals surface area contributed by atoms with E-state index in [9.17, 15) is 9.18 Å². The van der Waals surface area contributed by atoms with Crippen molar-refractivity contribution in [3.05, 3.63) is 76.1 Å². The minimum absolute atomic E-state index is 0.256. The van der Waals surface area contributed by atoms with Crippen LogP contribution in [-0.2, 0) is 28.5 Å². The van der Waals surface area contributed by atoms with Gasteiger partial charge >= 0.3 is 5.97 Å². The van der Waals surface area contributed by atoms with E-state index in [1.165, 1.54) is 6.07 Å². The van der Waals surface area contributed by atoms with Gasteiger partial charge in [0.25, 0.3) is 5.79 Å². The van der Waals surface area contributed by atoms with E-state index in [1.807, 2.05) is 16.7 Å². The lowest BCUT2D eigenvalue weighted by atomic mass is 9.88. The van der Waals surface area contributed by atoms with Gasteiger partial charge in [-0.3, -0.25) is 4.90 Å². The first-order valence-electron chi connectivity index (χ1n) is 15.0. The molecule has 0 unspecified atom stereocenters. The fourth-order valence-electron chi connectivity index (χ4n) is 5.58. The molecule has 3 heterocycles. The third kappa shape index (κ3) is 7.42. The maximum atomic E-state index is 14.8. The number of halogens is 2. The summed E-state index contributed by atoms with van der Waals surface area (Å²) in [5.74, 6) is 0.151. The summed E-state index contributed by atoms with van der Waals surface area (Å²) < 4.78 is 40.4. The lowest BCUT2D eigenvalue weighted by Crippen LogP contribution is -2.34. The van der Waals surface area contributed by atoms with Crippen LogP contribution in [0, 0.1) is 5.82 Å². The maximum absolute atomic E-state index is 14.8. The summed E-state index contributed by atoms with van der Waals surface area (Å²) in [6, 6.07) is 11.5. The first-order valence-corrected chi connectivity index (χ1v) is 19.0. The first kappa shape index (κ1) is 31.5. The Kier molecular flexibility index (Phi) is 9.51. The van der Waals surface area contributed by atoms with Gasteiger partial charge in [-0.1, -0.05) is 43.4 Å². The number of carbonyl (C=O) groups excluding carboxylic acids is 1. The number of ether oxygens (including phenoxy) is 4. The summed E-state index contributed by atoms with van der Waals surface area (Å²) >= 11 is 5.97. The average molecular weight is 630 g/mol. The number of rotatable bonds is 11. The van der Waals surface area contributed by atoms with Gasteiger partial charge in [-0.2, -0.15) is 0 Å². The normalized spacial score (nSPS) is 19.1. The van der Waals surface area contributed by atoms with Crippen LogP contribution in [0.2, 0.25) is 30.7 Å². The van der Waals surface area contributed by atoms with Gasteiger partial charge in [0.05, 0.1) is 18.7 Å². The van der Waals surface area contributed by atoms with Crippen LogP contribution in [-0.4, -0.2) is 54.8 Å². The fourth-order valence-corrected chi connectivity index (χ4v) is 6.49. The molecule has 11 heteroatoms. The van der Waals surface area contributed by atoms with Gasteiger partial charge in [0.2, 0.25) is 0 Å². The van der Waals surface area contributed by atoms with E-state index < -0.39 is 25.6 Å². The van der Waals surface area contributed by atoms with Crippen LogP contribution >= 0.6 is 11.6 Å². The molecule has 1 fully saturated rings. The summed E-state index contributed by atoms with van der Waals surface area (Å²) in [4.78, 5) is 19.4. The molecule has 3 aromatic rings. The van der Waals surface area contributed by atoms with E-state index in [0.29, 0.717) is 54.3 Å². The van der Waals surface area contributed by atoms with Crippen molar-refractivity contribution in [1.82, 2.24) is 14.5 Å². The van der Waals surface area contributed by atoms with Crippen molar-refractivity contribution in [1.29, 1.82) is 0 Å². The zero-order valence-electron chi connectivity index (χ0n) is 25.6.